The molecule has 1 aliphatic rings. The van der Waals surface area contributed by atoms with Crippen LogP contribution < -0.4 is 4.74 Å². The van der Waals surface area contributed by atoms with Crippen LogP contribution in [0.15, 0.2) is 76.8 Å². The van der Waals surface area contributed by atoms with Gasteiger partial charge in [0.2, 0.25) is 0 Å². The molecule has 1 N–H and O–H groups in total. The van der Waals surface area contributed by atoms with Crippen LogP contribution in [-0.4, -0.2) is 10.7 Å². The Morgan fingerprint density at radius 3 is 2.40 bits per heavy atom. The van der Waals surface area contributed by atoms with Gasteiger partial charge >= 0.3 is 0 Å². The van der Waals surface area contributed by atoms with Crippen molar-refractivity contribution in [3.8, 4) is 16.3 Å². The van der Waals surface area contributed by atoms with E-state index in [2.05, 4.69) is 65.8 Å². The minimum Gasteiger partial charge on any atom is -0.487 e. The van der Waals surface area contributed by atoms with Gasteiger partial charge in [0.15, 0.2) is 0 Å². The highest BCUT2D eigenvalue weighted by Gasteiger charge is 2.13. The Bertz CT molecular complexity index is 1110. The van der Waals surface area contributed by atoms with E-state index in [4.69, 9.17) is 9.73 Å². The third-order valence-corrected chi connectivity index (χ3v) is 7.29. The molecular weight excluding hydrogens is 448 g/mol. The number of aromatic amines is 1. The monoisotopic (exact) mass is 486 g/mol. The van der Waals surface area contributed by atoms with Crippen LogP contribution in [-0.2, 0) is 6.61 Å². The predicted octanol–water partition coefficient (Wildman–Crippen LogP) is 9.59. The van der Waals surface area contributed by atoms with Gasteiger partial charge in [0.25, 0.3) is 0 Å². The first-order chi connectivity index (χ1) is 17.3. The number of thiophene rings is 1. The number of hydrogen-bond acceptors (Lipinski definition) is 3. The topological polar surface area (TPSA) is 37.4 Å². The molecule has 0 amide bonds. The number of nitrogens with one attached hydrogen (secondary N) is 1. The molecule has 0 saturated carbocycles. The minimum absolute atomic E-state index is 0.543. The molecular formula is C31H38N2OS. The van der Waals surface area contributed by atoms with Crippen LogP contribution in [0.1, 0.15) is 82.4 Å². The number of nitrogens with zero attached hydrogens (tertiary/aromatic N) is 1. The van der Waals surface area contributed by atoms with Crippen LogP contribution in [0.3, 0.4) is 0 Å². The second-order valence-corrected chi connectivity index (χ2v) is 10.2. The van der Waals surface area contributed by atoms with E-state index in [-0.39, 0.29) is 0 Å². The number of rotatable bonds is 15. The van der Waals surface area contributed by atoms with Crippen molar-refractivity contribution >= 4 is 23.1 Å². The zero-order valence-electron chi connectivity index (χ0n) is 21.0. The standard InChI is InChI=1S/C31H38N2OS/c1-2-3-4-5-6-7-8-9-13-17-26-19-20-27(32-26)22-28-30(34-24-25-15-11-10-12-16-25)23-29(33-28)31-18-14-21-35-31/h10-12,14-16,18-23,33H,2-9,13,17,24H2,1H3/b27-22-. The van der Waals surface area contributed by atoms with Gasteiger partial charge in [-0.05, 0) is 48.1 Å². The number of aliphatic imine (C=N–C) groups is 1. The lowest BCUT2D eigenvalue weighted by atomic mass is 10.1. The molecule has 2 aromatic heterocycles. The van der Waals surface area contributed by atoms with Gasteiger partial charge in [0.05, 0.1) is 22.0 Å². The van der Waals surface area contributed by atoms with Crippen molar-refractivity contribution in [1.82, 2.24) is 4.98 Å². The smallest absolute Gasteiger partial charge is 0.145 e. The molecule has 0 bridgehead atoms. The molecule has 0 radical (unpaired) electrons. The van der Waals surface area contributed by atoms with Crippen molar-refractivity contribution < 1.29 is 4.74 Å². The summed E-state index contributed by atoms with van der Waals surface area (Å²) in [6.45, 7) is 2.82. The summed E-state index contributed by atoms with van der Waals surface area (Å²) in [5.74, 6) is 0.862. The van der Waals surface area contributed by atoms with Crippen molar-refractivity contribution in [2.75, 3.05) is 0 Å². The lowest BCUT2D eigenvalue weighted by molar-refractivity contribution is 0.306. The first-order valence-electron chi connectivity index (χ1n) is 13.2. The number of unbranched alkanes of at least 4 members (excludes halogenated alkanes) is 8. The van der Waals surface area contributed by atoms with Crippen molar-refractivity contribution in [3.05, 3.63) is 83.0 Å². The summed E-state index contributed by atoms with van der Waals surface area (Å²) in [6.07, 6.45) is 19.6. The molecule has 0 unspecified atom stereocenters. The van der Waals surface area contributed by atoms with Gasteiger partial charge in [-0.1, -0.05) is 94.7 Å². The minimum atomic E-state index is 0.543. The SMILES string of the molecule is CCCCCCCCCCCC1=N/C(=C\c2[nH]c(-c3cccs3)cc2OCc2ccccc2)C=C1. The molecule has 0 fully saturated rings. The summed E-state index contributed by atoms with van der Waals surface area (Å²) in [7, 11) is 0. The molecule has 3 heterocycles. The molecule has 1 aromatic carbocycles. The van der Waals surface area contributed by atoms with E-state index in [0.29, 0.717) is 6.61 Å². The van der Waals surface area contributed by atoms with Crippen LogP contribution in [0.4, 0.5) is 0 Å². The Morgan fingerprint density at radius 1 is 0.886 bits per heavy atom. The van der Waals surface area contributed by atoms with E-state index in [9.17, 15) is 0 Å². The summed E-state index contributed by atoms with van der Waals surface area (Å²) in [5, 5.41) is 2.10. The molecule has 0 spiro atoms. The van der Waals surface area contributed by atoms with Gasteiger partial charge in [-0.3, -0.25) is 4.99 Å². The number of benzene rings is 1. The predicted molar refractivity (Wildman–Crippen MR) is 151 cm³/mol. The first kappa shape index (κ1) is 25.2. The quantitative estimate of drug-likeness (QED) is 0.213. The molecule has 1 aliphatic heterocycles. The van der Waals surface area contributed by atoms with Crippen LogP contribution in [0.5, 0.6) is 5.75 Å². The maximum atomic E-state index is 6.23. The van der Waals surface area contributed by atoms with Crippen LogP contribution in [0.2, 0.25) is 0 Å². The van der Waals surface area contributed by atoms with Gasteiger partial charge in [0.1, 0.15) is 12.4 Å². The number of ether oxygens (including phenoxy) is 1. The lowest BCUT2D eigenvalue weighted by Crippen LogP contribution is -1.95. The maximum absolute atomic E-state index is 6.23. The summed E-state index contributed by atoms with van der Waals surface area (Å²) in [6, 6.07) is 16.6. The average Bonchev–Trinajstić information content (AvgIpc) is 3.64. The van der Waals surface area contributed by atoms with Crippen molar-refractivity contribution in [2.24, 2.45) is 4.99 Å². The average molecular weight is 487 g/mol. The lowest BCUT2D eigenvalue weighted by Gasteiger charge is -2.05. The molecule has 184 valence electrons. The highest BCUT2D eigenvalue weighted by atomic mass is 32.1. The second-order valence-electron chi connectivity index (χ2n) is 9.30. The summed E-state index contributed by atoms with van der Waals surface area (Å²) < 4.78 is 6.23. The fraction of sp³-hybridized carbons (Fsp3) is 0.387. The number of allylic oxidation sites excluding steroid dienone is 2. The third-order valence-electron chi connectivity index (χ3n) is 6.38. The van der Waals surface area contributed by atoms with E-state index >= 15 is 0 Å². The maximum Gasteiger partial charge on any atom is 0.145 e. The summed E-state index contributed by atoms with van der Waals surface area (Å²) >= 11 is 1.73. The zero-order valence-corrected chi connectivity index (χ0v) is 21.8. The van der Waals surface area contributed by atoms with Gasteiger partial charge < -0.3 is 9.72 Å². The fourth-order valence-electron chi connectivity index (χ4n) is 4.38. The molecule has 0 aliphatic carbocycles. The van der Waals surface area contributed by atoms with Crippen LogP contribution >= 0.6 is 11.3 Å². The van der Waals surface area contributed by atoms with E-state index in [1.54, 1.807) is 11.3 Å². The summed E-state index contributed by atoms with van der Waals surface area (Å²) in [5.41, 5.74) is 5.39. The van der Waals surface area contributed by atoms with E-state index < -0.39 is 0 Å². The Labute approximate surface area is 214 Å². The molecule has 4 heteroatoms. The molecule has 3 aromatic rings. The molecule has 3 nitrogen and oxygen atoms in total. The largest absolute Gasteiger partial charge is 0.487 e. The Morgan fingerprint density at radius 2 is 1.66 bits per heavy atom. The van der Waals surface area contributed by atoms with E-state index in [1.807, 2.05) is 18.2 Å². The van der Waals surface area contributed by atoms with Gasteiger partial charge in [-0.15, -0.1) is 11.3 Å². The van der Waals surface area contributed by atoms with Gasteiger partial charge in [0, 0.05) is 11.8 Å². The number of H-pyrrole nitrogens is 1. The molecule has 35 heavy (non-hydrogen) atoms. The van der Waals surface area contributed by atoms with E-state index in [1.165, 1.54) is 68.4 Å². The molecule has 4 rings (SSSR count). The highest BCUT2D eigenvalue weighted by Crippen LogP contribution is 2.32. The van der Waals surface area contributed by atoms with Crippen molar-refractivity contribution in [2.45, 2.75) is 77.7 Å². The first-order valence-corrected chi connectivity index (χ1v) is 14.1. The van der Waals surface area contributed by atoms with Gasteiger partial charge in [-0.25, -0.2) is 0 Å². The third kappa shape index (κ3) is 8.10. The highest BCUT2D eigenvalue weighted by molar-refractivity contribution is 7.13. The van der Waals surface area contributed by atoms with Crippen LogP contribution in [0, 0.1) is 0 Å². The van der Waals surface area contributed by atoms with Crippen LogP contribution in [0.25, 0.3) is 16.6 Å². The fourth-order valence-corrected chi connectivity index (χ4v) is 5.08. The Balaban J connectivity index is 1.32. The van der Waals surface area contributed by atoms with Gasteiger partial charge in [-0.2, -0.15) is 0 Å². The van der Waals surface area contributed by atoms with Crippen molar-refractivity contribution in [3.63, 3.8) is 0 Å². The second kappa shape index (κ2) is 13.9. The zero-order chi connectivity index (χ0) is 24.1. The Hall–Kier alpha value is -2.85. The Kier molecular flexibility index (Phi) is 10.0. The molecule has 0 atom stereocenters. The summed E-state index contributed by atoms with van der Waals surface area (Å²) in [4.78, 5) is 9.63. The number of aromatic nitrogens is 1. The molecule has 0 saturated heterocycles. The van der Waals surface area contributed by atoms with Crippen molar-refractivity contribution in [1.29, 1.82) is 0 Å². The van der Waals surface area contributed by atoms with E-state index in [0.717, 1.165) is 34.8 Å². The normalized spacial score (nSPS) is 14.1. The number of hydrogen-bond donors (Lipinski definition) is 1.